The maximum atomic E-state index is 5.90. The van der Waals surface area contributed by atoms with E-state index < -0.39 is 0 Å². The summed E-state index contributed by atoms with van der Waals surface area (Å²) in [5.41, 5.74) is 0. The molecule has 0 saturated heterocycles. The number of hydrogen-bond donors (Lipinski definition) is 1. The molecule has 0 aromatic carbocycles. The summed E-state index contributed by atoms with van der Waals surface area (Å²) in [4.78, 5) is 5.68. The molecule has 0 saturated carbocycles. The Morgan fingerprint density at radius 2 is 2.26 bits per heavy atom. The number of nitrogens with zero attached hydrogens (tertiary/aromatic N) is 2. The Morgan fingerprint density at radius 1 is 1.42 bits per heavy atom. The van der Waals surface area contributed by atoms with Crippen LogP contribution in [0.1, 0.15) is 36.9 Å². The van der Waals surface area contributed by atoms with Crippen molar-refractivity contribution in [1.29, 1.82) is 0 Å². The summed E-state index contributed by atoms with van der Waals surface area (Å²) in [6.45, 7) is 7.28. The van der Waals surface area contributed by atoms with E-state index in [0.717, 1.165) is 30.4 Å². The Balaban J connectivity index is 1.68. The number of imidazole rings is 1. The molecule has 0 spiro atoms. The third-order valence-corrected chi connectivity index (χ3v) is 4.18. The van der Waals surface area contributed by atoms with Crippen molar-refractivity contribution < 1.29 is 0 Å². The van der Waals surface area contributed by atoms with E-state index in [1.165, 1.54) is 10.7 Å². The first-order chi connectivity index (χ1) is 9.16. The zero-order chi connectivity index (χ0) is 13.7. The fourth-order valence-electron chi connectivity index (χ4n) is 2.04. The quantitative estimate of drug-likeness (QED) is 0.786. The second kappa shape index (κ2) is 7.08. The number of halogens is 1. The Bertz CT molecular complexity index is 504. The van der Waals surface area contributed by atoms with Crippen molar-refractivity contribution in [1.82, 2.24) is 14.9 Å². The fraction of sp³-hybridized carbons (Fsp3) is 0.500. The lowest BCUT2D eigenvalue weighted by atomic mass is 10.2. The molecule has 2 rings (SSSR count). The molecular formula is C14H20ClN3S. The Kier molecular flexibility index (Phi) is 5.43. The first-order valence-electron chi connectivity index (χ1n) is 6.63. The second-order valence-corrected chi connectivity index (χ2v) is 6.67. The zero-order valence-corrected chi connectivity index (χ0v) is 13.0. The normalized spacial score (nSPS) is 11.4. The smallest absolute Gasteiger partial charge is 0.111 e. The van der Waals surface area contributed by atoms with E-state index in [1.807, 2.05) is 12.3 Å². The van der Waals surface area contributed by atoms with E-state index in [9.17, 15) is 0 Å². The molecule has 0 aliphatic rings. The van der Waals surface area contributed by atoms with Crippen LogP contribution in [0.4, 0.5) is 0 Å². The number of hydrogen-bond acceptors (Lipinski definition) is 3. The Labute approximate surface area is 123 Å². The van der Waals surface area contributed by atoms with E-state index in [0.29, 0.717) is 5.92 Å². The van der Waals surface area contributed by atoms with E-state index >= 15 is 0 Å². The third kappa shape index (κ3) is 4.34. The van der Waals surface area contributed by atoms with Gasteiger partial charge in [0.05, 0.1) is 4.34 Å². The molecule has 1 N–H and O–H groups in total. The average Bonchev–Trinajstić information content (AvgIpc) is 2.98. The van der Waals surface area contributed by atoms with E-state index in [-0.39, 0.29) is 0 Å². The van der Waals surface area contributed by atoms with Crippen LogP contribution in [0.5, 0.6) is 0 Å². The predicted octanol–water partition coefficient (Wildman–Crippen LogP) is 3.90. The molecule has 0 aliphatic carbocycles. The van der Waals surface area contributed by atoms with Gasteiger partial charge in [0.25, 0.3) is 0 Å². The van der Waals surface area contributed by atoms with Crippen LogP contribution >= 0.6 is 22.9 Å². The van der Waals surface area contributed by atoms with Crippen LogP contribution < -0.4 is 5.32 Å². The molecule has 0 unspecified atom stereocenters. The minimum atomic E-state index is 0.483. The summed E-state index contributed by atoms with van der Waals surface area (Å²) in [7, 11) is 0. The molecule has 104 valence electrons. The van der Waals surface area contributed by atoms with Gasteiger partial charge in [-0.25, -0.2) is 4.98 Å². The molecule has 2 heterocycles. The summed E-state index contributed by atoms with van der Waals surface area (Å²) in [6.07, 6.45) is 5.06. The van der Waals surface area contributed by atoms with E-state index in [2.05, 4.69) is 41.0 Å². The Morgan fingerprint density at radius 3 is 2.95 bits per heavy atom. The maximum absolute atomic E-state index is 5.90. The van der Waals surface area contributed by atoms with Gasteiger partial charge in [0.1, 0.15) is 5.82 Å². The SMILES string of the molecule is CC(C)c1nccn1CCCNCc1ccc(Cl)s1. The number of aromatic nitrogens is 2. The molecule has 0 atom stereocenters. The van der Waals surface area contributed by atoms with E-state index in [4.69, 9.17) is 11.6 Å². The highest BCUT2D eigenvalue weighted by Crippen LogP contribution is 2.20. The minimum Gasteiger partial charge on any atom is -0.335 e. The van der Waals surface area contributed by atoms with Crippen LogP contribution in [0.15, 0.2) is 24.5 Å². The van der Waals surface area contributed by atoms with Gasteiger partial charge in [-0.1, -0.05) is 25.4 Å². The van der Waals surface area contributed by atoms with Crippen molar-refractivity contribution in [2.24, 2.45) is 0 Å². The summed E-state index contributed by atoms with van der Waals surface area (Å²) in [5, 5.41) is 3.44. The van der Waals surface area contributed by atoms with Gasteiger partial charge in [-0.3, -0.25) is 0 Å². The van der Waals surface area contributed by atoms with Gasteiger partial charge in [0.2, 0.25) is 0 Å². The van der Waals surface area contributed by atoms with Crippen LogP contribution in [-0.2, 0) is 13.1 Å². The predicted molar refractivity (Wildman–Crippen MR) is 82.0 cm³/mol. The summed E-state index contributed by atoms with van der Waals surface area (Å²) < 4.78 is 3.10. The van der Waals surface area contributed by atoms with Crippen molar-refractivity contribution in [2.45, 2.75) is 39.3 Å². The van der Waals surface area contributed by atoms with Crippen molar-refractivity contribution in [3.8, 4) is 0 Å². The topological polar surface area (TPSA) is 29.9 Å². The molecule has 0 amide bonds. The monoisotopic (exact) mass is 297 g/mol. The molecule has 0 bridgehead atoms. The highest BCUT2D eigenvalue weighted by molar-refractivity contribution is 7.16. The minimum absolute atomic E-state index is 0.483. The van der Waals surface area contributed by atoms with Gasteiger partial charge in [0.15, 0.2) is 0 Å². The molecule has 19 heavy (non-hydrogen) atoms. The fourth-order valence-corrected chi connectivity index (χ4v) is 3.10. The van der Waals surface area contributed by atoms with Gasteiger partial charge in [0, 0.05) is 36.3 Å². The van der Waals surface area contributed by atoms with Gasteiger partial charge in [-0.2, -0.15) is 0 Å². The van der Waals surface area contributed by atoms with Gasteiger partial charge < -0.3 is 9.88 Å². The number of aryl methyl sites for hydroxylation is 1. The molecule has 0 radical (unpaired) electrons. The van der Waals surface area contributed by atoms with Gasteiger partial charge in [-0.05, 0) is 25.1 Å². The molecule has 3 nitrogen and oxygen atoms in total. The lowest BCUT2D eigenvalue weighted by Crippen LogP contribution is -2.16. The van der Waals surface area contributed by atoms with Gasteiger partial charge in [-0.15, -0.1) is 11.3 Å². The second-order valence-electron chi connectivity index (χ2n) is 4.87. The van der Waals surface area contributed by atoms with Crippen molar-refractivity contribution in [2.75, 3.05) is 6.54 Å². The van der Waals surface area contributed by atoms with Crippen molar-refractivity contribution in [3.63, 3.8) is 0 Å². The van der Waals surface area contributed by atoms with Crippen LogP contribution in [-0.4, -0.2) is 16.1 Å². The van der Waals surface area contributed by atoms with Crippen LogP contribution in [0.25, 0.3) is 0 Å². The highest BCUT2D eigenvalue weighted by Gasteiger charge is 2.06. The van der Waals surface area contributed by atoms with Crippen LogP contribution in [0.3, 0.4) is 0 Å². The number of thiophene rings is 1. The largest absolute Gasteiger partial charge is 0.335 e. The molecule has 0 fully saturated rings. The summed E-state index contributed by atoms with van der Waals surface area (Å²) in [6, 6.07) is 4.02. The number of rotatable bonds is 7. The molecular weight excluding hydrogens is 278 g/mol. The van der Waals surface area contributed by atoms with Crippen molar-refractivity contribution >= 4 is 22.9 Å². The maximum Gasteiger partial charge on any atom is 0.111 e. The summed E-state index contributed by atoms with van der Waals surface area (Å²) in [5.74, 6) is 1.65. The van der Waals surface area contributed by atoms with Crippen LogP contribution in [0, 0.1) is 0 Å². The first-order valence-corrected chi connectivity index (χ1v) is 7.82. The van der Waals surface area contributed by atoms with Crippen molar-refractivity contribution in [3.05, 3.63) is 39.6 Å². The van der Waals surface area contributed by atoms with Gasteiger partial charge >= 0.3 is 0 Å². The Hall–Kier alpha value is -0.840. The molecule has 5 heteroatoms. The summed E-state index contributed by atoms with van der Waals surface area (Å²) >= 11 is 7.53. The van der Waals surface area contributed by atoms with Crippen LogP contribution in [0.2, 0.25) is 4.34 Å². The molecule has 2 aromatic heterocycles. The number of nitrogens with one attached hydrogen (secondary N) is 1. The lowest BCUT2D eigenvalue weighted by molar-refractivity contribution is 0.555. The molecule has 2 aromatic rings. The standard InChI is InChI=1S/C14H20ClN3S/c1-11(2)14-17-7-9-18(14)8-3-6-16-10-12-4-5-13(15)19-12/h4-5,7,9,11,16H,3,6,8,10H2,1-2H3. The average molecular weight is 298 g/mol. The zero-order valence-electron chi connectivity index (χ0n) is 11.4. The third-order valence-electron chi connectivity index (χ3n) is 2.94. The first kappa shape index (κ1) is 14.6. The van der Waals surface area contributed by atoms with E-state index in [1.54, 1.807) is 11.3 Å². The molecule has 0 aliphatic heterocycles. The lowest BCUT2D eigenvalue weighted by Gasteiger charge is -2.10. The highest BCUT2D eigenvalue weighted by atomic mass is 35.5.